The lowest BCUT2D eigenvalue weighted by Crippen LogP contribution is -2.10. The summed E-state index contributed by atoms with van der Waals surface area (Å²) in [6, 6.07) is 74.6. The number of fused-ring (bicyclic) bond motifs is 3. The number of rotatable bonds is 8. The molecule has 0 aliphatic carbocycles. The summed E-state index contributed by atoms with van der Waals surface area (Å²) < 4.78 is 4.51. The van der Waals surface area contributed by atoms with Crippen molar-refractivity contribution >= 4 is 38.9 Å². The Hall–Kier alpha value is -7.50. The Balaban J connectivity index is 1.04. The average molecular weight is 706 g/mol. The second-order valence-electron chi connectivity index (χ2n) is 13.6. The lowest BCUT2D eigenvalue weighted by Gasteiger charge is -2.26. The first-order valence-corrected chi connectivity index (χ1v) is 18.5. The Morgan fingerprint density at radius 3 is 1.18 bits per heavy atom. The third-order valence-corrected chi connectivity index (χ3v) is 10.3. The first-order chi connectivity index (χ1) is 27.3. The van der Waals surface area contributed by atoms with Crippen molar-refractivity contribution in [2.24, 2.45) is 0 Å². The van der Waals surface area contributed by atoms with Crippen molar-refractivity contribution < 1.29 is 0 Å². The van der Waals surface area contributed by atoms with E-state index in [9.17, 15) is 0 Å². The molecule has 0 aliphatic rings. The molecule has 0 spiro atoms. The van der Waals surface area contributed by atoms with Crippen LogP contribution < -0.4 is 4.90 Å². The van der Waals surface area contributed by atoms with Gasteiger partial charge in [0.2, 0.25) is 0 Å². The van der Waals surface area contributed by atoms with Crippen molar-refractivity contribution in [2.45, 2.75) is 0 Å². The van der Waals surface area contributed by atoms with Crippen molar-refractivity contribution in [3.8, 4) is 45.3 Å². The highest BCUT2D eigenvalue weighted by molar-refractivity contribution is 6.09. The van der Waals surface area contributed by atoms with Gasteiger partial charge in [0.1, 0.15) is 0 Å². The third kappa shape index (κ3) is 5.85. The highest BCUT2D eigenvalue weighted by Crippen LogP contribution is 2.38. The smallest absolute Gasteiger partial charge is 0.168 e. The van der Waals surface area contributed by atoms with E-state index < -0.39 is 0 Å². The zero-order chi connectivity index (χ0) is 36.6. The Labute approximate surface area is 319 Å². The van der Waals surface area contributed by atoms with E-state index in [-0.39, 0.29) is 0 Å². The zero-order valence-electron chi connectivity index (χ0n) is 29.9. The van der Waals surface area contributed by atoms with Gasteiger partial charge in [-0.3, -0.25) is 4.57 Å². The number of benzene rings is 8. The quantitative estimate of drug-likeness (QED) is 0.158. The van der Waals surface area contributed by atoms with E-state index in [1.54, 1.807) is 0 Å². The molecule has 2 aromatic heterocycles. The largest absolute Gasteiger partial charge is 0.311 e. The lowest BCUT2D eigenvalue weighted by molar-refractivity contribution is 1.07. The van der Waals surface area contributed by atoms with Gasteiger partial charge in [0.25, 0.3) is 0 Å². The van der Waals surface area contributed by atoms with E-state index >= 15 is 0 Å². The molecule has 5 nitrogen and oxygen atoms in total. The molecule has 0 radical (unpaired) electrons. The van der Waals surface area contributed by atoms with Gasteiger partial charge in [-0.1, -0.05) is 140 Å². The van der Waals surface area contributed by atoms with Gasteiger partial charge in [-0.2, -0.15) is 0 Å². The van der Waals surface area contributed by atoms with Crippen molar-refractivity contribution in [3.63, 3.8) is 0 Å². The second-order valence-corrected chi connectivity index (χ2v) is 13.6. The van der Waals surface area contributed by atoms with Crippen LogP contribution in [0.25, 0.3) is 67.1 Å². The molecule has 0 bridgehead atoms. The fourth-order valence-electron chi connectivity index (χ4n) is 7.66. The minimum Gasteiger partial charge on any atom is -0.311 e. The number of aromatic nitrogens is 4. The van der Waals surface area contributed by atoms with Crippen molar-refractivity contribution in [2.75, 3.05) is 4.90 Å². The van der Waals surface area contributed by atoms with Crippen molar-refractivity contribution in [1.82, 2.24) is 19.3 Å². The highest BCUT2D eigenvalue weighted by Gasteiger charge is 2.19. The molecule has 5 heteroatoms. The van der Waals surface area contributed by atoms with Crippen LogP contribution in [-0.2, 0) is 0 Å². The fourth-order valence-corrected chi connectivity index (χ4v) is 7.66. The SMILES string of the molecule is c1ccc(-c2ccc(-c3nnc(-c4ccccc4)n3-c3ccc(N(c4ccccc4)c4ccc(-n5c6ccccc6c6ccccc65)cc4)cc3)cc2)cc1. The molecule has 8 aromatic carbocycles. The molecule has 0 aliphatic heterocycles. The molecule has 0 fully saturated rings. The maximum absolute atomic E-state index is 4.76. The van der Waals surface area contributed by atoms with Crippen LogP contribution >= 0.6 is 0 Å². The van der Waals surface area contributed by atoms with E-state index in [0.717, 1.165) is 56.8 Å². The molecule has 0 saturated carbocycles. The Kier molecular flexibility index (Phi) is 8.08. The summed E-state index contributed by atoms with van der Waals surface area (Å²) in [4.78, 5) is 2.30. The van der Waals surface area contributed by atoms with Crippen LogP contribution in [0.1, 0.15) is 0 Å². The molecule has 10 rings (SSSR count). The van der Waals surface area contributed by atoms with E-state index in [1.165, 1.54) is 27.4 Å². The van der Waals surface area contributed by atoms with Crippen LogP contribution in [0.5, 0.6) is 0 Å². The first-order valence-electron chi connectivity index (χ1n) is 18.5. The van der Waals surface area contributed by atoms with Gasteiger partial charge >= 0.3 is 0 Å². The summed E-state index contributed by atoms with van der Waals surface area (Å²) in [5, 5.41) is 12.0. The van der Waals surface area contributed by atoms with Crippen LogP contribution in [0.4, 0.5) is 17.1 Å². The number of para-hydroxylation sites is 3. The summed E-state index contributed by atoms with van der Waals surface area (Å²) in [7, 11) is 0. The van der Waals surface area contributed by atoms with Gasteiger partial charge in [-0.25, -0.2) is 0 Å². The second kappa shape index (κ2) is 13.8. The lowest BCUT2D eigenvalue weighted by atomic mass is 10.0. The maximum Gasteiger partial charge on any atom is 0.168 e. The first kappa shape index (κ1) is 32.2. The summed E-state index contributed by atoms with van der Waals surface area (Å²) in [6.45, 7) is 0. The summed E-state index contributed by atoms with van der Waals surface area (Å²) in [6.07, 6.45) is 0. The molecule has 2 heterocycles. The molecule has 0 N–H and O–H groups in total. The predicted octanol–water partition coefficient (Wildman–Crippen LogP) is 12.8. The van der Waals surface area contributed by atoms with Crippen LogP contribution in [-0.4, -0.2) is 19.3 Å². The Bertz CT molecular complexity index is 2820. The molecule has 260 valence electrons. The highest BCUT2D eigenvalue weighted by atomic mass is 15.3. The van der Waals surface area contributed by atoms with E-state index in [1.807, 2.05) is 24.3 Å². The van der Waals surface area contributed by atoms with Crippen LogP contribution in [0.3, 0.4) is 0 Å². The zero-order valence-corrected chi connectivity index (χ0v) is 29.9. The monoisotopic (exact) mass is 705 g/mol. The summed E-state index contributed by atoms with van der Waals surface area (Å²) >= 11 is 0. The standard InChI is InChI=1S/C50H35N5/c1-4-14-36(15-5-1)37-24-26-39(27-25-37)50-52-51-49(38-16-6-2-7-17-38)55(50)44-34-30-42(31-35-44)53(40-18-8-3-9-19-40)41-28-32-43(33-29-41)54-47-22-12-10-20-45(47)46-21-11-13-23-48(46)54/h1-35H. The normalized spacial score (nSPS) is 11.3. The maximum atomic E-state index is 4.76. The van der Waals surface area contributed by atoms with Crippen LogP contribution in [0, 0.1) is 0 Å². The Morgan fingerprint density at radius 2 is 0.655 bits per heavy atom. The molecule has 0 saturated heterocycles. The fraction of sp³-hybridized carbons (Fsp3) is 0. The van der Waals surface area contributed by atoms with E-state index in [0.29, 0.717) is 0 Å². The van der Waals surface area contributed by atoms with Crippen LogP contribution in [0.15, 0.2) is 212 Å². The van der Waals surface area contributed by atoms with E-state index in [4.69, 9.17) is 10.2 Å². The average Bonchev–Trinajstić information content (AvgIpc) is 3.86. The summed E-state index contributed by atoms with van der Waals surface area (Å²) in [5.41, 5.74) is 12.0. The minimum absolute atomic E-state index is 0.784. The number of anilines is 3. The molecule has 0 amide bonds. The number of hydrogen-bond donors (Lipinski definition) is 0. The van der Waals surface area contributed by atoms with Gasteiger partial charge in [0.05, 0.1) is 11.0 Å². The van der Waals surface area contributed by atoms with Crippen molar-refractivity contribution in [1.29, 1.82) is 0 Å². The van der Waals surface area contributed by atoms with Gasteiger partial charge in [-0.05, 0) is 83.9 Å². The molecular weight excluding hydrogens is 671 g/mol. The van der Waals surface area contributed by atoms with Gasteiger partial charge in [-0.15, -0.1) is 10.2 Å². The summed E-state index contributed by atoms with van der Waals surface area (Å²) in [5.74, 6) is 1.57. The topological polar surface area (TPSA) is 38.9 Å². The number of nitrogens with zero attached hydrogens (tertiary/aromatic N) is 5. The molecule has 10 aromatic rings. The van der Waals surface area contributed by atoms with Gasteiger partial charge in [0, 0.05) is 50.3 Å². The number of hydrogen-bond acceptors (Lipinski definition) is 3. The van der Waals surface area contributed by atoms with Crippen LogP contribution in [0.2, 0.25) is 0 Å². The Morgan fingerprint density at radius 1 is 0.291 bits per heavy atom. The van der Waals surface area contributed by atoms with E-state index in [2.05, 4.69) is 202 Å². The van der Waals surface area contributed by atoms with Gasteiger partial charge in [0.15, 0.2) is 11.6 Å². The molecular formula is C50H35N5. The predicted molar refractivity (Wildman–Crippen MR) is 227 cm³/mol. The molecule has 0 atom stereocenters. The third-order valence-electron chi connectivity index (χ3n) is 10.3. The van der Waals surface area contributed by atoms with Crippen molar-refractivity contribution in [3.05, 3.63) is 212 Å². The minimum atomic E-state index is 0.784. The molecule has 55 heavy (non-hydrogen) atoms. The van der Waals surface area contributed by atoms with Gasteiger partial charge < -0.3 is 9.47 Å². The molecule has 0 unspecified atom stereocenters.